The van der Waals surface area contributed by atoms with Gasteiger partial charge < -0.3 is 10.1 Å². The quantitative estimate of drug-likeness (QED) is 0.820. The van der Waals surface area contributed by atoms with Crippen LogP contribution < -0.4 is 5.32 Å². The minimum absolute atomic E-state index is 0.0903. The minimum Gasteiger partial charge on any atom is -0.378 e. The average molecular weight is 311 g/mol. The zero-order chi connectivity index (χ0) is 15.1. The third kappa shape index (κ3) is 5.29. The number of aryl methyl sites for hydroxylation is 1. The molecule has 21 heavy (non-hydrogen) atoms. The molecule has 2 rings (SSSR count). The SMILES string of the molecule is CCCc1cc(C(=O)NCCC2CCCCO2)cc(Cl)n1. The van der Waals surface area contributed by atoms with Crippen molar-refractivity contribution < 1.29 is 9.53 Å². The molecule has 2 heterocycles. The monoisotopic (exact) mass is 310 g/mol. The van der Waals surface area contributed by atoms with E-state index >= 15 is 0 Å². The van der Waals surface area contributed by atoms with Gasteiger partial charge in [0.25, 0.3) is 5.91 Å². The smallest absolute Gasteiger partial charge is 0.251 e. The minimum atomic E-state index is -0.0903. The van der Waals surface area contributed by atoms with Crippen molar-refractivity contribution in [3.05, 3.63) is 28.5 Å². The van der Waals surface area contributed by atoms with Gasteiger partial charge in [0, 0.05) is 24.4 Å². The highest BCUT2D eigenvalue weighted by molar-refractivity contribution is 6.29. The molecule has 116 valence electrons. The van der Waals surface area contributed by atoms with E-state index in [1.807, 2.05) is 6.07 Å². The zero-order valence-corrected chi connectivity index (χ0v) is 13.3. The van der Waals surface area contributed by atoms with Crippen LogP contribution in [-0.2, 0) is 11.2 Å². The number of halogens is 1. The number of ether oxygens (including phenoxy) is 1. The molecule has 0 radical (unpaired) electrons. The van der Waals surface area contributed by atoms with Crippen LogP contribution in [0.3, 0.4) is 0 Å². The normalized spacial score (nSPS) is 18.5. The Labute approximate surface area is 131 Å². The van der Waals surface area contributed by atoms with Gasteiger partial charge in [-0.05, 0) is 44.2 Å². The maximum absolute atomic E-state index is 12.2. The Hall–Kier alpha value is -1.13. The molecule has 1 saturated heterocycles. The lowest BCUT2D eigenvalue weighted by molar-refractivity contribution is 0.0117. The van der Waals surface area contributed by atoms with Crippen LogP contribution in [0.1, 0.15) is 55.1 Å². The Morgan fingerprint density at radius 1 is 1.48 bits per heavy atom. The molecule has 0 bridgehead atoms. The fourth-order valence-electron chi connectivity index (χ4n) is 2.55. The highest BCUT2D eigenvalue weighted by Gasteiger charge is 2.14. The third-order valence-corrected chi connectivity index (χ3v) is 3.83. The maximum Gasteiger partial charge on any atom is 0.251 e. The number of hydrogen-bond donors (Lipinski definition) is 1. The summed E-state index contributed by atoms with van der Waals surface area (Å²) in [6.45, 7) is 3.55. The summed E-state index contributed by atoms with van der Waals surface area (Å²) in [5.41, 5.74) is 1.45. The Morgan fingerprint density at radius 3 is 3.05 bits per heavy atom. The molecular formula is C16H23ClN2O2. The topological polar surface area (TPSA) is 51.2 Å². The number of nitrogens with zero attached hydrogens (tertiary/aromatic N) is 1. The molecule has 0 aliphatic carbocycles. The molecule has 1 fully saturated rings. The van der Waals surface area contributed by atoms with E-state index in [1.54, 1.807) is 6.07 Å². The van der Waals surface area contributed by atoms with Crippen LogP contribution in [0.4, 0.5) is 0 Å². The van der Waals surface area contributed by atoms with Crippen LogP contribution >= 0.6 is 11.6 Å². The number of hydrogen-bond acceptors (Lipinski definition) is 3. The van der Waals surface area contributed by atoms with Gasteiger partial charge in [0.05, 0.1) is 6.10 Å². The van der Waals surface area contributed by atoms with Crippen molar-refractivity contribution in [1.29, 1.82) is 0 Å². The summed E-state index contributed by atoms with van der Waals surface area (Å²) in [6.07, 6.45) is 6.43. The van der Waals surface area contributed by atoms with E-state index in [2.05, 4.69) is 17.2 Å². The number of aromatic nitrogens is 1. The molecule has 0 saturated carbocycles. The number of nitrogens with one attached hydrogen (secondary N) is 1. The number of amides is 1. The van der Waals surface area contributed by atoms with Gasteiger partial charge in [-0.1, -0.05) is 24.9 Å². The molecule has 1 aliphatic rings. The van der Waals surface area contributed by atoms with Crippen molar-refractivity contribution in [3.63, 3.8) is 0 Å². The van der Waals surface area contributed by atoms with Gasteiger partial charge in [0.1, 0.15) is 5.15 Å². The highest BCUT2D eigenvalue weighted by atomic mass is 35.5. The summed E-state index contributed by atoms with van der Waals surface area (Å²) in [7, 11) is 0. The molecule has 1 N–H and O–H groups in total. The predicted octanol–water partition coefficient (Wildman–Crippen LogP) is 3.38. The van der Waals surface area contributed by atoms with Crippen LogP contribution in [-0.4, -0.2) is 30.1 Å². The summed E-state index contributed by atoms with van der Waals surface area (Å²) in [4.78, 5) is 16.4. The molecule has 1 atom stereocenters. The lowest BCUT2D eigenvalue weighted by Crippen LogP contribution is -2.29. The van der Waals surface area contributed by atoms with E-state index < -0.39 is 0 Å². The zero-order valence-electron chi connectivity index (χ0n) is 12.5. The number of pyridine rings is 1. The fraction of sp³-hybridized carbons (Fsp3) is 0.625. The second kappa shape index (κ2) is 8.35. The summed E-state index contributed by atoms with van der Waals surface area (Å²) >= 11 is 5.97. The summed E-state index contributed by atoms with van der Waals surface area (Å²) in [6, 6.07) is 3.44. The lowest BCUT2D eigenvalue weighted by atomic mass is 10.1. The van der Waals surface area contributed by atoms with E-state index in [0.717, 1.165) is 44.4 Å². The molecule has 1 aliphatic heterocycles. The number of carbonyl (C=O) groups is 1. The summed E-state index contributed by atoms with van der Waals surface area (Å²) in [5, 5.41) is 3.31. The van der Waals surface area contributed by atoms with Crippen LogP contribution in [0.5, 0.6) is 0 Å². The van der Waals surface area contributed by atoms with Crippen LogP contribution in [0.15, 0.2) is 12.1 Å². The second-order valence-electron chi connectivity index (χ2n) is 5.45. The summed E-state index contributed by atoms with van der Waals surface area (Å²) < 4.78 is 5.65. The first-order valence-electron chi connectivity index (χ1n) is 7.75. The van der Waals surface area contributed by atoms with E-state index in [1.165, 1.54) is 6.42 Å². The molecule has 0 aromatic carbocycles. The van der Waals surface area contributed by atoms with Crippen LogP contribution in [0.2, 0.25) is 5.15 Å². The second-order valence-corrected chi connectivity index (χ2v) is 5.84. The molecule has 1 aromatic heterocycles. The molecule has 5 heteroatoms. The van der Waals surface area contributed by atoms with Crippen molar-refractivity contribution >= 4 is 17.5 Å². The first-order valence-corrected chi connectivity index (χ1v) is 8.13. The van der Waals surface area contributed by atoms with E-state index in [4.69, 9.17) is 16.3 Å². The highest BCUT2D eigenvalue weighted by Crippen LogP contribution is 2.15. The Bertz CT molecular complexity index is 473. The Kier molecular flexibility index (Phi) is 6.46. The number of rotatable bonds is 6. The van der Waals surface area contributed by atoms with Crippen LogP contribution in [0, 0.1) is 0 Å². The number of carbonyl (C=O) groups excluding carboxylic acids is 1. The molecule has 0 spiro atoms. The maximum atomic E-state index is 12.2. The standard InChI is InChI=1S/C16H23ClN2O2/c1-2-5-13-10-12(11-15(17)19-13)16(20)18-8-7-14-6-3-4-9-21-14/h10-11,14H,2-9H2,1H3,(H,18,20). The molecule has 4 nitrogen and oxygen atoms in total. The Morgan fingerprint density at radius 2 is 2.33 bits per heavy atom. The molecule has 1 aromatic rings. The van der Waals surface area contributed by atoms with Crippen molar-refractivity contribution in [2.24, 2.45) is 0 Å². The van der Waals surface area contributed by atoms with E-state index in [0.29, 0.717) is 17.3 Å². The van der Waals surface area contributed by atoms with Gasteiger partial charge in [-0.2, -0.15) is 0 Å². The van der Waals surface area contributed by atoms with Gasteiger partial charge >= 0.3 is 0 Å². The largest absolute Gasteiger partial charge is 0.378 e. The van der Waals surface area contributed by atoms with E-state index in [-0.39, 0.29) is 12.0 Å². The van der Waals surface area contributed by atoms with Gasteiger partial charge in [0.15, 0.2) is 0 Å². The lowest BCUT2D eigenvalue weighted by Gasteiger charge is -2.22. The Balaban J connectivity index is 1.84. The molecule has 1 amide bonds. The van der Waals surface area contributed by atoms with Gasteiger partial charge in [-0.15, -0.1) is 0 Å². The fourth-order valence-corrected chi connectivity index (χ4v) is 2.78. The van der Waals surface area contributed by atoms with Crippen molar-refractivity contribution in [2.45, 2.75) is 51.6 Å². The molecule has 1 unspecified atom stereocenters. The first kappa shape index (κ1) is 16.2. The van der Waals surface area contributed by atoms with Crippen molar-refractivity contribution in [3.8, 4) is 0 Å². The summed E-state index contributed by atoms with van der Waals surface area (Å²) in [5.74, 6) is -0.0903. The van der Waals surface area contributed by atoms with Gasteiger partial charge in [0.2, 0.25) is 0 Å². The van der Waals surface area contributed by atoms with Crippen molar-refractivity contribution in [2.75, 3.05) is 13.2 Å². The third-order valence-electron chi connectivity index (χ3n) is 3.64. The van der Waals surface area contributed by atoms with Crippen LogP contribution in [0.25, 0.3) is 0 Å². The van der Waals surface area contributed by atoms with Gasteiger partial charge in [-0.25, -0.2) is 4.98 Å². The molecular weight excluding hydrogens is 288 g/mol. The van der Waals surface area contributed by atoms with Crippen molar-refractivity contribution in [1.82, 2.24) is 10.3 Å². The first-order chi connectivity index (χ1) is 10.2. The van der Waals surface area contributed by atoms with Gasteiger partial charge in [-0.3, -0.25) is 4.79 Å². The average Bonchev–Trinajstić information content (AvgIpc) is 2.48. The van der Waals surface area contributed by atoms with E-state index in [9.17, 15) is 4.79 Å². The predicted molar refractivity (Wildman–Crippen MR) is 83.8 cm³/mol.